The van der Waals surface area contributed by atoms with Crippen LogP contribution in [-0.2, 0) is 28.5 Å². The van der Waals surface area contributed by atoms with E-state index in [-0.39, 0.29) is 26.1 Å². The average Bonchev–Trinajstić information content (AvgIpc) is 3.33. The molecule has 0 radical (unpaired) electrons. The van der Waals surface area contributed by atoms with Crippen molar-refractivity contribution in [2.45, 2.75) is 282 Å². The van der Waals surface area contributed by atoms with Crippen LogP contribution in [0.4, 0.5) is 0 Å². The van der Waals surface area contributed by atoms with Crippen LogP contribution >= 0.6 is 0 Å². The first kappa shape index (κ1) is 62.7. The fourth-order valence-electron chi connectivity index (χ4n) is 8.35. The monoisotopic (exact) mass is 947 g/mol. The summed E-state index contributed by atoms with van der Waals surface area (Å²) in [7, 11) is 0. The van der Waals surface area contributed by atoms with Crippen LogP contribution in [-0.4, -0.2) is 89.0 Å². The molecule has 0 saturated carbocycles. The van der Waals surface area contributed by atoms with Gasteiger partial charge >= 0.3 is 11.9 Å². The summed E-state index contributed by atoms with van der Waals surface area (Å²) in [5.74, 6) is -0.833. The number of hydrogen-bond acceptors (Lipinski definition) is 10. The lowest BCUT2D eigenvalue weighted by Gasteiger charge is -2.39. The molecule has 0 bridgehead atoms. The van der Waals surface area contributed by atoms with E-state index in [9.17, 15) is 30.0 Å². The molecule has 10 nitrogen and oxygen atoms in total. The average molecular weight is 947 g/mol. The highest BCUT2D eigenvalue weighted by Crippen LogP contribution is 2.23. The summed E-state index contributed by atoms with van der Waals surface area (Å²) in [5, 5.41) is 40.3. The van der Waals surface area contributed by atoms with Gasteiger partial charge in [0.05, 0.1) is 13.2 Å². The third kappa shape index (κ3) is 38.1. The normalized spacial score (nSPS) is 19.4. The number of rotatable bonds is 47. The number of aliphatic hydroxyl groups is 4. The Labute approximate surface area is 409 Å². The first-order valence-corrected chi connectivity index (χ1v) is 27.7. The summed E-state index contributed by atoms with van der Waals surface area (Å²) in [4.78, 5) is 25.5. The molecule has 1 saturated heterocycles. The van der Waals surface area contributed by atoms with E-state index < -0.39 is 55.4 Å². The van der Waals surface area contributed by atoms with Crippen molar-refractivity contribution in [3.63, 3.8) is 0 Å². The van der Waals surface area contributed by atoms with Gasteiger partial charge in [-0.15, -0.1) is 0 Å². The van der Waals surface area contributed by atoms with Crippen LogP contribution in [0, 0.1) is 0 Å². The number of ether oxygens (including phenoxy) is 4. The third-order valence-electron chi connectivity index (χ3n) is 12.7. The van der Waals surface area contributed by atoms with Crippen molar-refractivity contribution in [3.05, 3.63) is 48.6 Å². The molecule has 1 heterocycles. The quantitative estimate of drug-likeness (QED) is 0.0264. The predicted octanol–water partition coefficient (Wildman–Crippen LogP) is 13.6. The fraction of sp³-hybridized carbons (Fsp3) is 0.825. The zero-order valence-electron chi connectivity index (χ0n) is 42.9. The van der Waals surface area contributed by atoms with Crippen molar-refractivity contribution >= 4 is 11.9 Å². The van der Waals surface area contributed by atoms with E-state index in [0.29, 0.717) is 12.8 Å². The van der Waals surface area contributed by atoms with Crippen LogP contribution in [0.5, 0.6) is 0 Å². The largest absolute Gasteiger partial charge is 0.462 e. The molecule has 0 aromatic rings. The van der Waals surface area contributed by atoms with Gasteiger partial charge in [0.2, 0.25) is 0 Å². The Kier molecular flexibility index (Phi) is 44.3. The highest BCUT2D eigenvalue weighted by atomic mass is 16.7. The van der Waals surface area contributed by atoms with Crippen molar-refractivity contribution in [1.82, 2.24) is 0 Å². The van der Waals surface area contributed by atoms with Gasteiger partial charge in [0.1, 0.15) is 31.0 Å². The Morgan fingerprint density at radius 1 is 0.463 bits per heavy atom. The Balaban J connectivity index is 2.24. The summed E-state index contributed by atoms with van der Waals surface area (Å²) in [6, 6.07) is 0. The molecule has 0 aromatic heterocycles. The highest BCUT2D eigenvalue weighted by molar-refractivity contribution is 5.70. The predicted molar refractivity (Wildman–Crippen MR) is 275 cm³/mol. The Morgan fingerprint density at radius 2 is 0.836 bits per heavy atom. The molecular formula is C57H102O10. The van der Waals surface area contributed by atoms with Crippen LogP contribution < -0.4 is 0 Å². The van der Waals surface area contributed by atoms with Crippen LogP contribution in [0.25, 0.3) is 0 Å². The van der Waals surface area contributed by atoms with Crippen LogP contribution in [0.1, 0.15) is 245 Å². The maximum Gasteiger partial charge on any atom is 0.306 e. The fourth-order valence-corrected chi connectivity index (χ4v) is 8.35. The molecule has 67 heavy (non-hydrogen) atoms. The van der Waals surface area contributed by atoms with Crippen LogP contribution in [0.15, 0.2) is 48.6 Å². The first-order valence-electron chi connectivity index (χ1n) is 27.7. The van der Waals surface area contributed by atoms with Gasteiger partial charge < -0.3 is 39.4 Å². The molecule has 1 aliphatic rings. The van der Waals surface area contributed by atoms with Gasteiger partial charge in [-0.25, -0.2) is 0 Å². The van der Waals surface area contributed by atoms with E-state index in [0.717, 1.165) is 57.8 Å². The van der Waals surface area contributed by atoms with E-state index in [2.05, 4.69) is 62.5 Å². The molecule has 4 N–H and O–H groups in total. The Hall–Kier alpha value is -2.34. The van der Waals surface area contributed by atoms with E-state index in [4.69, 9.17) is 18.9 Å². The molecule has 0 aliphatic carbocycles. The van der Waals surface area contributed by atoms with Crippen LogP contribution in [0.3, 0.4) is 0 Å². The highest BCUT2D eigenvalue weighted by Gasteiger charge is 2.44. The maximum atomic E-state index is 12.9. The van der Waals surface area contributed by atoms with E-state index >= 15 is 0 Å². The topological polar surface area (TPSA) is 152 Å². The molecule has 1 fully saturated rings. The van der Waals surface area contributed by atoms with Gasteiger partial charge in [-0.2, -0.15) is 0 Å². The number of carbonyl (C=O) groups excluding carboxylic acids is 2. The smallest absolute Gasteiger partial charge is 0.306 e. The molecule has 0 spiro atoms. The summed E-state index contributed by atoms with van der Waals surface area (Å²) < 4.78 is 22.3. The second-order valence-corrected chi connectivity index (χ2v) is 19.0. The number of aliphatic hydroxyl groups excluding tert-OH is 4. The van der Waals surface area contributed by atoms with Gasteiger partial charge in [0.15, 0.2) is 12.4 Å². The minimum atomic E-state index is -1.60. The number of esters is 2. The number of unbranched alkanes of at least 4 members (excludes halogenated alkanes) is 28. The molecular weight excluding hydrogens is 845 g/mol. The molecule has 10 heteroatoms. The minimum absolute atomic E-state index is 0.225. The van der Waals surface area contributed by atoms with Crippen molar-refractivity contribution in [2.75, 3.05) is 19.8 Å². The van der Waals surface area contributed by atoms with Gasteiger partial charge in [0, 0.05) is 12.8 Å². The van der Waals surface area contributed by atoms with Crippen molar-refractivity contribution in [3.8, 4) is 0 Å². The number of allylic oxidation sites excluding steroid dienone is 8. The molecule has 1 rings (SSSR count). The standard InChI is InChI=1S/C57H102O10/c1-3-5-7-9-11-13-15-17-19-21-23-24-25-26-28-30-32-34-36-38-40-42-44-46-53(60)66-50(49-65-57-56(63)55(62)54(61)51(47-58)67-57)48-64-52(59)45-43-41-39-37-35-33-31-29-27-22-20-18-16-14-12-10-8-6-4-2/h12,14,18,20,27,29,33,35,50-51,54-58,61-63H,3-11,13,15-17,19,21-26,28,30-32,34,36-49H2,1-2H3/b14-12+,20-18+,29-27+,35-33+/t50-,51-,54+,55?,56?,57-/m1/s1. The number of carbonyl (C=O) groups is 2. The molecule has 0 aromatic carbocycles. The summed E-state index contributed by atoms with van der Waals surface area (Å²) >= 11 is 0. The Morgan fingerprint density at radius 3 is 1.28 bits per heavy atom. The summed E-state index contributed by atoms with van der Waals surface area (Å²) in [6.45, 7) is 3.40. The summed E-state index contributed by atoms with van der Waals surface area (Å²) in [5.41, 5.74) is 0. The van der Waals surface area contributed by atoms with Gasteiger partial charge in [-0.1, -0.05) is 223 Å². The SMILES string of the molecule is CCCCC/C=C/C/C=C/C/C=C/C/C=C/CCCCCC(=O)OC[C@H](CO[C@@H]1O[C@H](CO)[C@H](O)C(O)C1O)OC(=O)CCCCCCCCCCCCCCCCCCCCCCCCC. The van der Waals surface area contributed by atoms with Crippen molar-refractivity contribution < 1.29 is 49.0 Å². The van der Waals surface area contributed by atoms with Gasteiger partial charge in [0.25, 0.3) is 0 Å². The van der Waals surface area contributed by atoms with Gasteiger partial charge in [-0.3, -0.25) is 9.59 Å². The van der Waals surface area contributed by atoms with E-state index in [1.807, 2.05) is 0 Å². The van der Waals surface area contributed by atoms with E-state index in [1.54, 1.807) is 0 Å². The second kappa shape index (κ2) is 47.3. The van der Waals surface area contributed by atoms with Crippen molar-refractivity contribution in [2.24, 2.45) is 0 Å². The lowest BCUT2D eigenvalue weighted by molar-refractivity contribution is -0.305. The van der Waals surface area contributed by atoms with E-state index in [1.165, 1.54) is 148 Å². The molecule has 2 unspecified atom stereocenters. The zero-order valence-corrected chi connectivity index (χ0v) is 42.9. The van der Waals surface area contributed by atoms with Crippen LogP contribution in [0.2, 0.25) is 0 Å². The zero-order chi connectivity index (χ0) is 48.7. The maximum absolute atomic E-state index is 12.9. The molecule has 1 aliphatic heterocycles. The molecule has 390 valence electrons. The molecule has 6 atom stereocenters. The Bertz CT molecular complexity index is 1230. The van der Waals surface area contributed by atoms with Gasteiger partial charge in [-0.05, 0) is 57.8 Å². The number of hydrogen-bond donors (Lipinski definition) is 4. The molecule has 0 amide bonds. The summed E-state index contributed by atoms with van der Waals surface area (Å²) in [6.07, 6.45) is 51.2. The second-order valence-electron chi connectivity index (χ2n) is 19.0. The minimum Gasteiger partial charge on any atom is -0.462 e. The third-order valence-corrected chi connectivity index (χ3v) is 12.7. The first-order chi connectivity index (χ1) is 32.8. The lowest BCUT2D eigenvalue weighted by atomic mass is 9.99. The van der Waals surface area contributed by atoms with Crippen molar-refractivity contribution in [1.29, 1.82) is 0 Å². The lowest BCUT2D eigenvalue weighted by Crippen LogP contribution is -2.59.